The van der Waals surface area contributed by atoms with Crippen molar-refractivity contribution in [2.75, 3.05) is 6.54 Å². The van der Waals surface area contributed by atoms with Gasteiger partial charge in [0, 0.05) is 22.2 Å². The highest BCUT2D eigenvalue weighted by Gasteiger charge is 2.51. The van der Waals surface area contributed by atoms with Gasteiger partial charge in [0.1, 0.15) is 0 Å². The lowest BCUT2D eigenvalue weighted by Crippen LogP contribution is -2.33. The van der Waals surface area contributed by atoms with Gasteiger partial charge in [-0.3, -0.25) is 0 Å². The predicted octanol–water partition coefficient (Wildman–Crippen LogP) is 13.2. The van der Waals surface area contributed by atoms with E-state index in [4.69, 9.17) is 12.6 Å². The molecule has 2 unspecified atom stereocenters. The van der Waals surface area contributed by atoms with Gasteiger partial charge in [-0.25, -0.2) is 0 Å². The van der Waals surface area contributed by atoms with E-state index < -0.39 is 5.41 Å². The van der Waals surface area contributed by atoms with Crippen LogP contribution in [0, 0.1) is 0 Å². The Bertz CT molecular complexity index is 3110. The molecule has 3 aliphatic rings. The molecule has 1 aliphatic carbocycles. The van der Waals surface area contributed by atoms with E-state index in [1.807, 2.05) is 0 Å². The van der Waals surface area contributed by atoms with Crippen LogP contribution in [0.5, 0.6) is 0 Å². The van der Waals surface area contributed by atoms with E-state index in [0.29, 0.717) is 0 Å². The molecule has 1 aromatic heterocycles. The van der Waals surface area contributed by atoms with Crippen LogP contribution in [0.25, 0.3) is 66.4 Å². The third-order valence-corrected chi connectivity index (χ3v) is 13.3. The van der Waals surface area contributed by atoms with Crippen molar-refractivity contribution in [3.63, 3.8) is 0 Å². The van der Waals surface area contributed by atoms with Crippen LogP contribution >= 0.6 is 12.6 Å². The molecule has 3 heterocycles. The van der Waals surface area contributed by atoms with Crippen LogP contribution in [0.1, 0.15) is 45.8 Å². The number of aromatic nitrogens is 1. The van der Waals surface area contributed by atoms with Gasteiger partial charge < -0.3 is 9.88 Å². The Labute approximate surface area is 338 Å². The maximum absolute atomic E-state index is 5.53. The lowest BCUT2D eigenvalue weighted by atomic mass is 9.64. The van der Waals surface area contributed by atoms with Crippen LogP contribution in [0.4, 0.5) is 0 Å². The highest BCUT2D eigenvalue weighted by atomic mass is 32.1. The number of benzene rings is 8. The third kappa shape index (κ3) is 4.64. The van der Waals surface area contributed by atoms with Gasteiger partial charge in [0.15, 0.2) is 0 Å². The first-order valence-electron chi connectivity index (χ1n) is 20.0. The summed E-state index contributed by atoms with van der Waals surface area (Å²) >= 11 is 5.53. The molecule has 9 aromatic rings. The van der Waals surface area contributed by atoms with Gasteiger partial charge in [0.2, 0.25) is 0 Å². The normalized spacial score (nSPS) is 17.7. The Balaban J connectivity index is 1.21. The number of nitrogens with zero attached hydrogens (tertiary/aromatic N) is 1. The first-order valence-corrected chi connectivity index (χ1v) is 20.4. The van der Waals surface area contributed by atoms with Gasteiger partial charge >= 0.3 is 0 Å². The summed E-state index contributed by atoms with van der Waals surface area (Å²) in [7, 11) is 0. The van der Waals surface area contributed by atoms with Crippen molar-refractivity contribution in [3.05, 3.63) is 221 Å². The van der Waals surface area contributed by atoms with Crippen LogP contribution in [0.2, 0.25) is 0 Å². The van der Waals surface area contributed by atoms with Gasteiger partial charge in [-0.15, -0.1) is 12.6 Å². The summed E-state index contributed by atoms with van der Waals surface area (Å²) in [6.07, 6.45) is 3.45. The minimum Gasteiger partial charge on any atom is -0.309 e. The smallest absolute Gasteiger partial charge is 0.0754 e. The highest BCUT2D eigenvalue weighted by molar-refractivity contribution is 7.80. The number of para-hydroxylation sites is 1. The zero-order valence-electron chi connectivity index (χ0n) is 31.3. The van der Waals surface area contributed by atoms with Crippen LogP contribution in [0.15, 0.2) is 193 Å². The summed E-state index contributed by atoms with van der Waals surface area (Å²) in [6, 6.07) is 67.6. The Morgan fingerprint density at radius 3 is 1.98 bits per heavy atom. The molecule has 8 aromatic carbocycles. The molecule has 1 N–H and O–H groups in total. The molecule has 2 nitrogen and oxygen atoms in total. The summed E-state index contributed by atoms with van der Waals surface area (Å²) in [5, 5.41) is 6.27. The van der Waals surface area contributed by atoms with E-state index in [1.165, 1.54) is 94.3 Å². The van der Waals surface area contributed by atoms with Crippen molar-refractivity contribution in [2.45, 2.75) is 22.8 Å². The van der Waals surface area contributed by atoms with Crippen molar-refractivity contribution in [2.24, 2.45) is 0 Å². The van der Waals surface area contributed by atoms with Crippen molar-refractivity contribution >= 4 is 40.0 Å². The molecule has 12 rings (SSSR count). The molecular formula is C54H38N2S. The van der Waals surface area contributed by atoms with Crippen LogP contribution in [-0.4, -0.2) is 11.1 Å². The molecule has 1 spiro atoms. The molecule has 2 aliphatic heterocycles. The summed E-state index contributed by atoms with van der Waals surface area (Å²) in [5.74, 6) is 0. The molecule has 0 amide bonds. The monoisotopic (exact) mass is 746 g/mol. The number of hydrogen-bond donors (Lipinski definition) is 2. The Morgan fingerprint density at radius 2 is 1.19 bits per heavy atom. The van der Waals surface area contributed by atoms with E-state index >= 15 is 0 Å². The molecule has 0 saturated carbocycles. The van der Waals surface area contributed by atoms with Crippen molar-refractivity contribution in [1.29, 1.82) is 0 Å². The molecule has 270 valence electrons. The summed E-state index contributed by atoms with van der Waals surface area (Å²) in [6.45, 7) is 0.936. The fourth-order valence-corrected chi connectivity index (χ4v) is 10.8. The number of rotatable bonds is 4. The molecule has 2 atom stereocenters. The Morgan fingerprint density at radius 1 is 0.526 bits per heavy atom. The number of nitrogens with one attached hydrogen (secondary N) is 1. The minimum absolute atomic E-state index is 0.102. The molecule has 0 fully saturated rings. The molecule has 3 heteroatoms. The maximum atomic E-state index is 5.53. The third-order valence-electron chi connectivity index (χ3n) is 12.8. The number of thiol groups is 1. The molecule has 0 bridgehead atoms. The minimum atomic E-state index is -0.567. The zero-order chi connectivity index (χ0) is 37.7. The largest absolute Gasteiger partial charge is 0.309 e. The van der Waals surface area contributed by atoms with Gasteiger partial charge in [0.25, 0.3) is 0 Å². The summed E-state index contributed by atoms with van der Waals surface area (Å²) in [4.78, 5) is 1.01. The molecular weight excluding hydrogens is 709 g/mol. The highest BCUT2D eigenvalue weighted by Crippen LogP contribution is 2.62. The lowest BCUT2D eigenvalue weighted by molar-refractivity contribution is 0.609. The first-order chi connectivity index (χ1) is 28.2. The van der Waals surface area contributed by atoms with Crippen molar-refractivity contribution < 1.29 is 0 Å². The van der Waals surface area contributed by atoms with Crippen molar-refractivity contribution in [1.82, 2.24) is 9.88 Å². The first kappa shape index (κ1) is 32.8. The standard InChI is InChI=1S/C54H38N2S/c57-53-42(36-18-8-3-9-19-36)33-47-52-51(53)43-30-39(48-32-38(28-29-55-48)35-16-6-2-7-17-35)25-27-49(43)56(52)50-23-13-12-22-45(50)54(47)44-21-11-10-20-40(44)41-26-24-37(31-46(41)54)34-14-4-1-5-15-34/h1-27,30-33,48,55,57H,28-29H2. The van der Waals surface area contributed by atoms with E-state index in [1.54, 1.807) is 0 Å². The van der Waals surface area contributed by atoms with Crippen molar-refractivity contribution in [3.8, 4) is 39.1 Å². The lowest BCUT2D eigenvalue weighted by Gasteiger charge is -2.40. The molecule has 0 saturated heterocycles. The van der Waals surface area contributed by atoms with E-state index in [9.17, 15) is 0 Å². The number of hydrogen-bond acceptors (Lipinski definition) is 2. The topological polar surface area (TPSA) is 17.0 Å². The van der Waals surface area contributed by atoms with E-state index in [-0.39, 0.29) is 6.04 Å². The van der Waals surface area contributed by atoms with Gasteiger partial charge in [-0.05, 0) is 109 Å². The van der Waals surface area contributed by atoms with Gasteiger partial charge in [0.05, 0.1) is 28.2 Å². The van der Waals surface area contributed by atoms with Crippen LogP contribution in [0.3, 0.4) is 0 Å². The van der Waals surface area contributed by atoms with E-state index in [0.717, 1.165) is 23.4 Å². The second kappa shape index (κ2) is 12.6. The summed E-state index contributed by atoms with van der Waals surface area (Å²) in [5.41, 5.74) is 19.6. The van der Waals surface area contributed by atoms with E-state index in [2.05, 4.69) is 198 Å². The maximum Gasteiger partial charge on any atom is 0.0754 e. The fraction of sp³-hybridized carbons (Fsp3) is 0.0741. The molecule has 0 radical (unpaired) electrons. The average molecular weight is 747 g/mol. The number of fused-ring (bicyclic) bond motifs is 12. The van der Waals surface area contributed by atoms with Gasteiger partial charge in [-0.1, -0.05) is 158 Å². The van der Waals surface area contributed by atoms with Gasteiger partial charge in [-0.2, -0.15) is 0 Å². The Kier molecular flexibility index (Phi) is 7.23. The van der Waals surface area contributed by atoms with Crippen LogP contribution in [-0.2, 0) is 5.41 Å². The summed E-state index contributed by atoms with van der Waals surface area (Å²) < 4.78 is 2.54. The second-order valence-corrected chi connectivity index (χ2v) is 16.1. The fourth-order valence-electron chi connectivity index (χ4n) is 10.4. The van der Waals surface area contributed by atoms with Crippen LogP contribution < -0.4 is 5.32 Å². The quantitative estimate of drug-likeness (QED) is 0.172. The molecule has 57 heavy (non-hydrogen) atoms. The zero-order valence-corrected chi connectivity index (χ0v) is 32.2. The average Bonchev–Trinajstić information content (AvgIpc) is 3.78. The Hall–Kier alpha value is -6.39. The SMILES string of the molecule is Sc1c(-c2ccccc2)cc2c3c1c1cc(C4C=C(c5ccccc5)CCN4)ccc1n3-c1ccccc1C21c2ccccc2-c2ccc(-c3ccccc3)cc21. The second-order valence-electron chi connectivity index (χ2n) is 15.7. The predicted molar refractivity (Wildman–Crippen MR) is 240 cm³/mol.